The van der Waals surface area contributed by atoms with Crippen LogP contribution in [0.5, 0.6) is 28.7 Å². The molecule has 7 nitrogen and oxygen atoms in total. The summed E-state index contributed by atoms with van der Waals surface area (Å²) in [5, 5.41) is 28.7. The molecule has 2 heterocycles. The minimum atomic E-state index is -0.343. The summed E-state index contributed by atoms with van der Waals surface area (Å²) in [6.07, 6.45) is 0.439. The highest BCUT2D eigenvalue weighted by molar-refractivity contribution is 9.15. The van der Waals surface area contributed by atoms with E-state index in [1.807, 2.05) is 24.3 Å². The van der Waals surface area contributed by atoms with E-state index in [0.29, 0.717) is 26.6 Å². The van der Waals surface area contributed by atoms with Crippen LogP contribution in [0.1, 0.15) is 49.9 Å². The molecule has 2 aliphatic rings. The Bertz CT molecular complexity index is 2220. The summed E-state index contributed by atoms with van der Waals surface area (Å²) in [4.78, 5) is 0. The van der Waals surface area contributed by atoms with Crippen molar-refractivity contribution in [1.82, 2.24) is 0 Å². The lowest BCUT2D eigenvalue weighted by molar-refractivity contribution is 0.261. The van der Waals surface area contributed by atoms with Crippen molar-refractivity contribution in [2.45, 2.75) is 50.7 Å². The molecule has 0 aromatic heterocycles. The molecule has 3 N–H and O–H groups in total. The van der Waals surface area contributed by atoms with E-state index in [1.54, 1.807) is 24.3 Å². The van der Waals surface area contributed by atoms with Crippen molar-refractivity contribution in [2.24, 2.45) is 0 Å². The number of rotatable bonds is 10. The smallest absolute Gasteiger partial charge is 0.134 e. The average molecular weight is 1530 g/mol. The molecule has 7 rings (SSSR count). The van der Waals surface area contributed by atoms with Crippen molar-refractivity contribution >= 4 is 175 Å². The van der Waals surface area contributed by atoms with Gasteiger partial charge in [0, 0.05) is 37.7 Å². The number of halogens is 11. The molecule has 2 unspecified atom stereocenters. The van der Waals surface area contributed by atoms with Gasteiger partial charge in [-0.3, -0.25) is 0 Å². The van der Waals surface area contributed by atoms with Gasteiger partial charge in [-0.2, -0.15) is 0 Å². The van der Waals surface area contributed by atoms with Crippen LogP contribution in [-0.2, 0) is 20.3 Å². The number of hydrogen-bond donors (Lipinski definition) is 3. The standard InChI is InChI=1S/C21H20Br4O4.C15H12Br4O2.C6H3Br3O/c1-21(2,13-3-5-15(19(24)17(13)22)28-9-11-7-26-11)14-4-6-16(20(25)18(14)23)29-10-12-8-27-12;1-15(2,7-3-5-9(20)13(18)11(7)16)8-4-6-10(21)14(19)12(8)17;7-3-1-2-4(10)6(9)5(3)8/h3-6,11-12H,7-10H2,1-2H3;3-6,20-21H,1-2H3;1-2,10H. The fourth-order valence-electron chi connectivity index (χ4n) is 5.80. The Morgan fingerprint density at radius 3 is 1.03 bits per heavy atom. The zero-order valence-electron chi connectivity index (χ0n) is 31.9. The van der Waals surface area contributed by atoms with Crippen molar-refractivity contribution < 1.29 is 34.3 Å². The first kappa shape index (κ1) is 51.3. The van der Waals surface area contributed by atoms with Gasteiger partial charge in [0.2, 0.25) is 0 Å². The Morgan fingerprint density at radius 2 is 0.717 bits per heavy atom. The second kappa shape index (κ2) is 21.7. The van der Waals surface area contributed by atoms with E-state index < -0.39 is 0 Å². The van der Waals surface area contributed by atoms with E-state index in [0.717, 1.165) is 82.7 Å². The second-order valence-electron chi connectivity index (χ2n) is 14.5. The van der Waals surface area contributed by atoms with E-state index >= 15 is 0 Å². The third kappa shape index (κ3) is 12.2. The molecule has 0 radical (unpaired) electrons. The molecule has 18 heteroatoms. The summed E-state index contributed by atoms with van der Waals surface area (Å²) in [7, 11) is 0. The van der Waals surface area contributed by atoms with Gasteiger partial charge in [-0.15, -0.1) is 0 Å². The molecule has 0 amide bonds. The highest BCUT2D eigenvalue weighted by atomic mass is 79.9. The van der Waals surface area contributed by atoms with Crippen LogP contribution in [-0.4, -0.2) is 54.0 Å². The van der Waals surface area contributed by atoms with Crippen molar-refractivity contribution in [3.63, 3.8) is 0 Å². The Morgan fingerprint density at radius 1 is 0.433 bits per heavy atom. The van der Waals surface area contributed by atoms with Crippen LogP contribution in [0.25, 0.3) is 0 Å². The minimum absolute atomic E-state index is 0.187. The zero-order valence-corrected chi connectivity index (χ0v) is 49.3. The van der Waals surface area contributed by atoms with E-state index in [2.05, 4.69) is 215 Å². The van der Waals surface area contributed by atoms with Gasteiger partial charge < -0.3 is 34.3 Å². The molecular weight excluding hydrogens is 1500 g/mol. The molecule has 60 heavy (non-hydrogen) atoms. The molecule has 2 fully saturated rings. The van der Waals surface area contributed by atoms with Crippen molar-refractivity contribution in [2.75, 3.05) is 26.4 Å². The maximum absolute atomic E-state index is 9.77. The molecule has 2 saturated heterocycles. The largest absolute Gasteiger partial charge is 0.507 e. The zero-order chi connectivity index (χ0) is 44.4. The molecule has 5 aromatic carbocycles. The summed E-state index contributed by atoms with van der Waals surface area (Å²) in [5.74, 6) is 2.21. The van der Waals surface area contributed by atoms with Crippen molar-refractivity contribution in [3.05, 3.63) is 132 Å². The van der Waals surface area contributed by atoms with Crippen LogP contribution >= 0.6 is 175 Å². The Balaban J connectivity index is 0.000000192. The number of aromatic hydroxyl groups is 3. The van der Waals surface area contributed by atoms with E-state index in [-0.39, 0.29) is 40.3 Å². The van der Waals surface area contributed by atoms with Crippen LogP contribution in [0.2, 0.25) is 0 Å². The fraction of sp³-hybridized carbons (Fsp3) is 0.286. The third-order valence-corrected chi connectivity index (χ3v) is 21.5. The first-order chi connectivity index (χ1) is 28.1. The van der Waals surface area contributed by atoms with Crippen LogP contribution in [0.3, 0.4) is 0 Å². The topological polar surface area (TPSA) is 104 Å². The lowest BCUT2D eigenvalue weighted by Crippen LogP contribution is -2.21. The third-order valence-electron chi connectivity index (χ3n) is 9.58. The average Bonchev–Trinajstić information content (AvgIpc) is 4.15. The molecule has 0 spiro atoms. The SMILES string of the molecule is CC(C)(c1ccc(O)c(Br)c1Br)c1ccc(O)c(Br)c1Br.CC(C)(c1ccc(OCC2CO2)c(Br)c1Br)c1ccc(OCC2CO2)c(Br)c1Br.Oc1ccc(Br)c(Br)c1Br. The van der Waals surface area contributed by atoms with Crippen LogP contribution in [0.15, 0.2) is 110 Å². The maximum atomic E-state index is 9.77. The summed E-state index contributed by atoms with van der Waals surface area (Å²) in [6, 6.07) is 18.7. The fourth-order valence-corrected chi connectivity index (χ4v) is 12.0. The van der Waals surface area contributed by atoms with Crippen LogP contribution < -0.4 is 9.47 Å². The maximum Gasteiger partial charge on any atom is 0.134 e. The van der Waals surface area contributed by atoms with Gasteiger partial charge in [0.25, 0.3) is 0 Å². The molecule has 2 atom stereocenters. The van der Waals surface area contributed by atoms with Gasteiger partial charge >= 0.3 is 0 Å². The monoisotopic (exact) mass is 1520 g/mol. The summed E-state index contributed by atoms with van der Waals surface area (Å²) in [6.45, 7) is 11.3. The molecule has 322 valence electrons. The Kier molecular flexibility index (Phi) is 18.6. The minimum Gasteiger partial charge on any atom is -0.507 e. The van der Waals surface area contributed by atoms with Crippen LogP contribution in [0, 0.1) is 0 Å². The highest BCUT2D eigenvalue weighted by Crippen LogP contribution is 2.49. The van der Waals surface area contributed by atoms with E-state index in [1.165, 1.54) is 0 Å². The van der Waals surface area contributed by atoms with Gasteiger partial charge in [-0.25, -0.2) is 0 Å². The molecule has 0 aliphatic carbocycles. The summed E-state index contributed by atoms with van der Waals surface area (Å²) in [5.41, 5.74) is 3.71. The van der Waals surface area contributed by atoms with E-state index in [9.17, 15) is 10.2 Å². The van der Waals surface area contributed by atoms with Gasteiger partial charge in [0.15, 0.2) is 0 Å². The number of epoxide rings is 2. The lowest BCUT2D eigenvalue weighted by atomic mass is 9.78. The van der Waals surface area contributed by atoms with Gasteiger partial charge in [-0.1, -0.05) is 52.0 Å². The molecule has 0 bridgehead atoms. The second-order valence-corrected chi connectivity index (χ2v) is 23.3. The van der Waals surface area contributed by atoms with Gasteiger partial charge in [-0.05, 0) is 234 Å². The molecule has 2 aliphatic heterocycles. The first-order valence-corrected chi connectivity index (χ1v) is 26.4. The van der Waals surface area contributed by atoms with Gasteiger partial charge in [0.1, 0.15) is 54.2 Å². The Labute approximate surface area is 441 Å². The summed E-state index contributed by atoms with van der Waals surface area (Å²) >= 11 is 38.5. The number of phenols is 3. The molecular formula is C42H35Br11O7. The number of benzene rings is 5. The number of hydrogen-bond acceptors (Lipinski definition) is 7. The lowest BCUT2D eigenvalue weighted by Gasteiger charge is -2.30. The van der Waals surface area contributed by atoms with Crippen molar-refractivity contribution in [3.8, 4) is 28.7 Å². The van der Waals surface area contributed by atoms with E-state index in [4.69, 9.17) is 24.1 Å². The number of phenolic OH excluding ortho intramolecular Hbond substituents is 3. The summed E-state index contributed by atoms with van der Waals surface area (Å²) < 4.78 is 31.3. The first-order valence-electron chi connectivity index (χ1n) is 17.7. The predicted molar refractivity (Wildman–Crippen MR) is 277 cm³/mol. The Hall–Kier alpha value is 0.300. The van der Waals surface area contributed by atoms with Crippen LogP contribution in [0.4, 0.5) is 0 Å². The molecule has 0 saturated carbocycles. The highest BCUT2D eigenvalue weighted by Gasteiger charge is 2.33. The normalized spacial score (nSPS) is 15.7. The predicted octanol–water partition coefficient (Wildman–Crippen LogP) is 16.8. The number of ether oxygens (including phenoxy) is 4. The quantitative estimate of drug-likeness (QED) is 0.0945. The van der Waals surface area contributed by atoms with Crippen molar-refractivity contribution in [1.29, 1.82) is 0 Å². The molecule has 5 aromatic rings. The van der Waals surface area contributed by atoms with Gasteiger partial charge in [0.05, 0.1) is 35.6 Å².